The maximum Gasteiger partial charge on any atom is 0.0347 e. The first-order valence-corrected chi connectivity index (χ1v) is 14.1. The highest BCUT2D eigenvalue weighted by atomic mass is 35.5. The number of rotatable bonds is 22. The molecule has 0 aliphatic carbocycles. The van der Waals surface area contributed by atoms with E-state index in [9.17, 15) is 0 Å². The quantitative estimate of drug-likeness (QED) is 0.154. The van der Waals surface area contributed by atoms with Crippen LogP contribution in [0.3, 0.4) is 0 Å². The van der Waals surface area contributed by atoms with Gasteiger partial charge in [0, 0.05) is 6.04 Å². The van der Waals surface area contributed by atoms with E-state index in [4.69, 9.17) is 0 Å². The van der Waals surface area contributed by atoms with Crippen molar-refractivity contribution in [2.24, 2.45) is 0 Å². The Bertz CT molecular complexity index is 471. The van der Waals surface area contributed by atoms with Gasteiger partial charge in [-0.3, -0.25) is 4.90 Å². The van der Waals surface area contributed by atoms with E-state index in [-0.39, 0.29) is 12.4 Å². The van der Waals surface area contributed by atoms with Crippen LogP contribution in [-0.2, 0) is 0 Å². The van der Waals surface area contributed by atoms with Crippen LogP contribution in [-0.4, -0.2) is 18.0 Å². The zero-order valence-electron chi connectivity index (χ0n) is 22.0. The molecule has 0 radical (unpaired) electrons. The average Bonchev–Trinajstić information content (AvgIpc) is 2.81. The van der Waals surface area contributed by atoms with Crippen molar-refractivity contribution in [2.45, 2.75) is 142 Å². The summed E-state index contributed by atoms with van der Waals surface area (Å²) in [6.07, 6.45) is 25.9. The van der Waals surface area contributed by atoms with Crippen LogP contribution in [0.1, 0.15) is 148 Å². The summed E-state index contributed by atoms with van der Waals surface area (Å²) in [4.78, 5) is 2.63. The minimum atomic E-state index is 0. The van der Waals surface area contributed by atoms with E-state index in [0.717, 1.165) is 13.1 Å². The smallest absolute Gasteiger partial charge is 0.0347 e. The summed E-state index contributed by atoms with van der Waals surface area (Å²) in [5, 5.41) is 0. The fourth-order valence-electron chi connectivity index (χ4n) is 4.96. The van der Waals surface area contributed by atoms with Crippen LogP contribution in [0.2, 0.25) is 0 Å². The molecule has 0 saturated heterocycles. The summed E-state index contributed by atoms with van der Waals surface area (Å²) in [6, 6.07) is 11.8. The average molecular weight is 466 g/mol. The molecule has 0 N–H and O–H groups in total. The van der Waals surface area contributed by atoms with Gasteiger partial charge in [-0.05, 0) is 25.1 Å². The summed E-state index contributed by atoms with van der Waals surface area (Å²) < 4.78 is 0. The Labute approximate surface area is 208 Å². The number of unbranched alkanes of at least 4 members (excludes halogenated alkanes) is 16. The molecule has 1 aromatic rings. The highest BCUT2D eigenvalue weighted by molar-refractivity contribution is 5.85. The van der Waals surface area contributed by atoms with E-state index in [1.807, 2.05) is 0 Å². The summed E-state index contributed by atoms with van der Waals surface area (Å²) >= 11 is 0. The van der Waals surface area contributed by atoms with E-state index < -0.39 is 0 Å². The predicted molar refractivity (Wildman–Crippen MR) is 148 cm³/mol. The lowest BCUT2D eigenvalue weighted by Crippen LogP contribution is -2.28. The zero-order chi connectivity index (χ0) is 22.4. The SMILES string of the molecule is CCCCCCCCCCCCCCCCCCCC(c1ccccc1)N(CC)CC.Cl. The molecule has 1 atom stereocenters. The van der Waals surface area contributed by atoms with Crippen LogP contribution in [0.25, 0.3) is 0 Å². The van der Waals surface area contributed by atoms with E-state index in [0.29, 0.717) is 6.04 Å². The molecule has 0 heterocycles. The van der Waals surface area contributed by atoms with Crippen LogP contribution < -0.4 is 0 Å². The monoisotopic (exact) mass is 465 g/mol. The maximum absolute atomic E-state index is 2.63. The second-order valence-electron chi connectivity index (χ2n) is 9.59. The van der Waals surface area contributed by atoms with Crippen molar-refractivity contribution < 1.29 is 0 Å². The van der Waals surface area contributed by atoms with Crippen molar-refractivity contribution in [3.63, 3.8) is 0 Å². The summed E-state index contributed by atoms with van der Waals surface area (Å²) in [5.74, 6) is 0. The van der Waals surface area contributed by atoms with E-state index in [2.05, 4.69) is 56.0 Å². The first-order chi connectivity index (χ1) is 15.3. The van der Waals surface area contributed by atoms with Crippen molar-refractivity contribution in [2.75, 3.05) is 13.1 Å². The Morgan fingerprint density at radius 2 is 0.906 bits per heavy atom. The summed E-state index contributed by atoms with van der Waals surface area (Å²) in [5.41, 5.74) is 1.50. The molecule has 1 unspecified atom stereocenters. The molecule has 1 aromatic carbocycles. The third-order valence-corrected chi connectivity index (χ3v) is 7.02. The highest BCUT2D eigenvalue weighted by Crippen LogP contribution is 2.26. The number of benzene rings is 1. The molecule has 0 aromatic heterocycles. The van der Waals surface area contributed by atoms with Gasteiger partial charge in [-0.25, -0.2) is 0 Å². The normalized spacial score (nSPS) is 12.1. The van der Waals surface area contributed by atoms with Crippen molar-refractivity contribution >= 4 is 12.4 Å². The van der Waals surface area contributed by atoms with Gasteiger partial charge in [0.1, 0.15) is 0 Å². The largest absolute Gasteiger partial charge is 0.297 e. The Balaban J connectivity index is 0.00000961. The minimum absolute atomic E-state index is 0. The first-order valence-electron chi connectivity index (χ1n) is 14.1. The van der Waals surface area contributed by atoms with Crippen molar-refractivity contribution in [1.82, 2.24) is 4.90 Å². The topological polar surface area (TPSA) is 3.24 Å². The van der Waals surface area contributed by atoms with Gasteiger partial charge >= 0.3 is 0 Å². The Morgan fingerprint density at radius 3 is 1.28 bits per heavy atom. The lowest BCUT2D eigenvalue weighted by Gasteiger charge is -2.30. The zero-order valence-corrected chi connectivity index (χ0v) is 22.8. The van der Waals surface area contributed by atoms with Gasteiger partial charge in [-0.1, -0.05) is 160 Å². The molecule has 1 nitrogen and oxygen atoms in total. The van der Waals surface area contributed by atoms with Crippen LogP contribution >= 0.6 is 12.4 Å². The van der Waals surface area contributed by atoms with E-state index in [1.54, 1.807) is 0 Å². The van der Waals surface area contributed by atoms with Crippen LogP contribution in [0.15, 0.2) is 30.3 Å². The predicted octanol–water partition coefficient (Wildman–Crippen LogP) is 10.5. The molecule has 2 heteroatoms. The first kappa shape index (κ1) is 31.5. The van der Waals surface area contributed by atoms with Crippen LogP contribution in [0, 0.1) is 0 Å². The molecule has 188 valence electrons. The standard InChI is InChI=1S/C30H55N.ClH/c1-4-7-8-9-10-11-12-13-14-15-16-17-18-19-20-21-25-28-30(31(5-2)6-3)29-26-23-22-24-27-29;/h22-24,26-27,30H,4-21,25,28H2,1-3H3;1H. The Morgan fingerprint density at radius 1 is 0.531 bits per heavy atom. The van der Waals surface area contributed by atoms with E-state index in [1.165, 1.54) is 121 Å². The lowest BCUT2D eigenvalue weighted by atomic mass is 9.97. The fraction of sp³-hybridized carbons (Fsp3) is 0.800. The van der Waals surface area contributed by atoms with Crippen molar-refractivity contribution in [3.05, 3.63) is 35.9 Å². The third-order valence-electron chi connectivity index (χ3n) is 7.02. The van der Waals surface area contributed by atoms with Gasteiger partial charge in [0.2, 0.25) is 0 Å². The molecular formula is C30H56ClN. The van der Waals surface area contributed by atoms with Gasteiger partial charge in [0.25, 0.3) is 0 Å². The molecular weight excluding hydrogens is 410 g/mol. The van der Waals surface area contributed by atoms with Crippen LogP contribution in [0.5, 0.6) is 0 Å². The number of hydrogen-bond acceptors (Lipinski definition) is 1. The van der Waals surface area contributed by atoms with Crippen LogP contribution in [0.4, 0.5) is 0 Å². The molecule has 0 amide bonds. The molecule has 32 heavy (non-hydrogen) atoms. The maximum atomic E-state index is 2.63. The van der Waals surface area contributed by atoms with Crippen molar-refractivity contribution in [3.8, 4) is 0 Å². The number of nitrogens with zero attached hydrogens (tertiary/aromatic N) is 1. The summed E-state index contributed by atoms with van der Waals surface area (Å²) in [6.45, 7) is 9.20. The molecule has 0 spiro atoms. The second kappa shape index (κ2) is 23.6. The van der Waals surface area contributed by atoms with Gasteiger partial charge in [0.05, 0.1) is 0 Å². The highest BCUT2D eigenvalue weighted by Gasteiger charge is 2.16. The van der Waals surface area contributed by atoms with Gasteiger partial charge in [0.15, 0.2) is 0 Å². The Hall–Kier alpha value is -0.530. The molecule has 0 aliphatic heterocycles. The van der Waals surface area contributed by atoms with Gasteiger partial charge < -0.3 is 0 Å². The fourth-order valence-corrected chi connectivity index (χ4v) is 4.96. The molecule has 1 rings (SSSR count). The Kier molecular flexibility index (Phi) is 23.2. The molecule has 0 saturated carbocycles. The molecule has 0 fully saturated rings. The molecule has 0 bridgehead atoms. The third kappa shape index (κ3) is 16.1. The lowest BCUT2D eigenvalue weighted by molar-refractivity contribution is 0.204. The summed E-state index contributed by atoms with van der Waals surface area (Å²) in [7, 11) is 0. The van der Waals surface area contributed by atoms with Gasteiger partial charge in [-0.2, -0.15) is 0 Å². The van der Waals surface area contributed by atoms with E-state index >= 15 is 0 Å². The number of hydrogen-bond donors (Lipinski definition) is 0. The number of halogens is 1. The van der Waals surface area contributed by atoms with Gasteiger partial charge in [-0.15, -0.1) is 12.4 Å². The second-order valence-corrected chi connectivity index (χ2v) is 9.59. The molecule has 0 aliphatic rings. The van der Waals surface area contributed by atoms with Crippen molar-refractivity contribution in [1.29, 1.82) is 0 Å². The minimum Gasteiger partial charge on any atom is -0.297 e.